The molecule has 1 amide bonds. The van der Waals surface area contributed by atoms with Gasteiger partial charge in [-0.25, -0.2) is 0 Å². The van der Waals surface area contributed by atoms with Crippen LogP contribution in [-0.4, -0.2) is 19.0 Å². The monoisotopic (exact) mass is 200 g/mol. The molecule has 0 saturated heterocycles. The Morgan fingerprint density at radius 1 is 1.29 bits per heavy atom. The summed E-state index contributed by atoms with van der Waals surface area (Å²) in [5.74, 6) is -0.210. The zero-order chi connectivity index (χ0) is 10.8. The van der Waals surface area contributed by atoms with Crippen molar-refractivity contribution < 1.29 is 4.79 Å². The Kier molecular flexibility index (Phi) is 8.64. The lowest BCUT2D eigenvalue weighted by Gasteiger charge is -2.13. The lowest BCUT2D eigenvalue weighted by molar-refractivity contribution is -0.118. The van der Waals surface area contributed by atoms with Gasteiger partial charge in [0.1, 0.15) is 0 Å². The highest BCUT2D eigenvalue weighted by Crippen LogP contribution is 2.08. The van der Waals surface area contributed by atoms with Gasteiger partial charge in [0.2, 0.25) is 5.91 Å². The summed E-state index contributed by atoms with van der Waals surface area (Å²) in [6.07, 6.45) is 7.89. The van der Waals surface area contributed by atoms with Crippen molar-refractivity contribution >= 4 is 5.91 Å². The summed E-state index contributed by atoms with van der Waals surface area (Å²) in [5.41, 5.74) is 5.14. The molecule has 3 heteroatoms. The van der Waals surface area contributed by atoms with Gasteiger partial charge in [-0.2, -0.15) is 0 Å². The quantitative estimate of drug-likeness (QED) is 0.558. The molecule has 0 aliphatic rings. The van der Waals surface area contributed by atoms with Crippen molar-refractivity contribution in [1.29, 1.82) is 0 Å². The van der Waals surface area contributed by atoms with Gasteiger partial charge in [0, 0.05) is 12.5 Å². The van der Waals surface area contributed by atoms with E-state index in [2.05, 4.69) is 12.2 Å². The first-order valence-electron chi connectivity index (χ1n) is 5.66. The second kappa shape index (κ2) is 9.00. The zero-order valence-electron chi connectivity index (χ0n) is 9.51. The van der Waals surface area contributed by atoms with Gasteiger partial charge < -0.3 is 11.1 Å². The Hall–Kier alpha value is -0.570. The second-order valence-electron chi connectivity index (χ2n) is 3.86. The number of hydrogen-bond donors (Lipinski definition) is 2. The molecule has 0 aromatic carbocycles. The maximum atomic E-state index is 10.7. The largest absolute Gasteiger partial charge is 0.370 e. The number of rotatable bonds is 9. The van der Waals surface area contributed by atoms with Crippen LogP contribution in [0, 0.1) is 0 Å². The lowest BCUT2D eigenvalue weighted by atomic mass is 10.0. The van der Waals surface area contributed by atoms with E-state index in [0.717, 1.165) is 6.42 Å². The first-order valence-corrected chi connectivity index (χ1v) is 5.66. The van der Waals surface area contributed by atoms with Gasteiger partial charge in [0.15, 0.2) is 0 Å². The maximum absolute atomic E-state index is 10.7. The van der Waals surface area contributed by atoms with E-state index in [0.29, 0.717) is 6.42 Å². The zero-order valence-corrected chi connectivity index (χ0v) is 9.51. The molecule has 0 aliphatic carbocycles. The van der Waals surface area contributed by atoms with Crippen molar-refractivity contribution in [2.45, 2.75) is 57.9 Å². The number of carbonyl (C=O) groups excluding carboxylic acids is 1. The number of hydrogen-bond acceptors (Lipinski definition) is 2. The summed E-state index contributed by atoms with van der Waals surface area (Å²) >= 11 is 0. The van der Waals surface area contributed by atoms with Gasteiger partial charge >= 0.3 is 0 Å². The summed E-state index contributed by atoms with van der Waals surface area (Å²) in [4.78, 5) is 10.7. The van der Waals surface area contributed by atoms with Crippen LogP contribution >= 0.6 is 0 Å². The Morgan fingerprint density at radius 2 is 1.93 bits per heavy atom. The van der Waals surface area contributed by atoms with Crippen LogP contribution in [0.5, 0.6) is 0 Å². The predicted octanol–water partition coefficient (Wildman–Crippen LogP) is 1.81. The topological polar surface area (TPSA) is 55.1 Å². The molecule has 0 fully saturated rings. The van der Waals surface area contributed by atoms with Crippen LogP contribution in [0.15, 0.2) is 0 Å². The second-order valence-corrected chi connectivity index (χ2v) is 3.86. The first-order chi connectivity index (χ1) is 6.70. The Labute approximate surface area is 87.4 Å². The fourth-order valence-electron chi connectivity index (χ4n) is 1.59. The van der Waals surface area contributed by atoms with Crippen LogP contribution in [0.1, 0.15) is 51.9 Å². The van der Waals surface area contributed by atoms with Crippen molar-refractivity contribution in [1.82, 2.24) is 5.32 Å². The van der Waals surface area contributed by atoms with E-state index in [4.69, 9.17) is 5.73 Å². The van der Waals surface area contributed by atoms with Crippen LogP contribution in [0.3, 0.4) is 0 Å². The lowest BCUT2D eigenvalue weighted by Crippen LogP contribution is -2.30. The highest BCUT2D eigenvalue weighted by atomic mass is 16.1. The molecule has 0 radical (unpaired) electrons. The number of unbranched alkanes of at least 4 members (excludes halogenated alkanes) is 4. The minimum absolute atomic E-state index is 0.210. The maximum Gasteiger partial charge on any atom is 0.218 e. The average Bonchev–Trinajstić information content (AvgIpc) is 2.15. The summed E-state index contributed by atoms with van der Waals surface area (Å²) in [6, 6.07) is 0.272. The standard InChI is InChI=1S/C11H24N2O/c1-3-4-5-6-7-8-10(13-2)9-11(12)14/h10,13H,3-9H2,1-2H3,(H2,12,14). The number of amides is 1. The van der Waals surface area contributed by atoms with Gasteiger partial charge in [-0.1, -0.05) is 39.0 Å². The van der Waals surface area contributed by atoms with E-state index in [1.54, 1.807) is 0 Å². The molecule has 0 spiro atoms. The minimum atomic E-state index is -0.210. The predicted molar refractivity (Wildman–Crippen MR) is 60.0 cm³/mol. The number of carbonyl (C=O) groups is 1. The normalized spacial score (nSPS) is 12.7. The molecule has 84 valence electrons. The number of nitrogens with one attached hydrogen (secondary N) is 1. The molecule has 0 aliphatic heterocycles. The van der Waals surface area contributed by atoms with Crippen LogP contribution in [-0.2, 0) is 4.79 Å². The first kappa shape index (κ1) is 13.4. The van der Waals surface area contributed by atoms with Crippen molar-refractivity contribution in [3.05, 3.63) is 0 Å². The van der Waals surface area contributed by atoms with Crippen LogP contribution in [0.25, 0.3) is 0 Å². The average molecular weight is 200 g/mol. The fraction of sp³-hybridized carbons (Fsp3) is 0.909. The van der Waals surface area contributed by atoms with E-state index >= 15 is 0 Å². The molecular formula is C11H24N2O. The summed E-state index contributed by atoms with van der Waals surface area (Å²) in [5, 5.41) is 3.12. The van der Waals surface area contributed by atoms with Crippen LogP contribution in [0.4, 0.5) is 0 Å². The molecule has 14 heavy (non-hydrogen) atoms. The van der Waals surface area contributed by atoms with Crippen LogP contribution in [0.2, 0.25) is 0 Å². The van der Waals surface area contributed by atoms with Crippen molar-refractivity contribution in [3.8, 4) is 0 Å². The number of primary amides is 1. The SMILES string of the molecule is CCCCCCCC(CC(N)=O)NC. The molecule has 0 aromatic rings. The Morgan fingerprint density at radius 3 is 2.43 bits per heavy atom. The fourth-order valence-corrected chi connectivity index (χ4v) is 1.59. The minimum Gasteiger partial charge on any atom is -0.370 e. The van der Waals surface area contributed by atoms with E-state index in [1.165, 1.54) is 32.1 Å². The van der Waals surface area contributed by atoms with Gasteiger partial charge in [-0.3, -0.25) is 4.79 Å². The van der Waals surface area contributed by atoms with Crippen molar-refractivity contribution in [3.63, 3.8) is 0 Å². The smallest absolute Gasteiger partial charge is 0.218 e. The third kappa shape index (κ3) is 8.05. The highest BCUT2D eigenvalue weighted by Gasteiger charge is 2.08. The molecular weight excluding hydrogens is 176 g/mol. The van der Waals surface area contributed by atoms with E-state index in [9.17, 15) is 4.79 Å². The molecule has 0 saturated carbocycles. The Balaban J connectivity index is 3.38. The van der Waals surface area contributed by atoms with E-state index in [1.807, 2.05) is 7.05 Å². The molecule has 0 heterocycles. The van der Waals surface area contributed by atoms with Crippen LogP contribution < -0.4 is 11.1 Å². The summed E-state index contributed by atoms with van der Waals surface area (Å²) in [7, 11) is 1.89. The van der Waals surface area contributed by atoms with E-state index < -0.39 is 0 Å². The Bertz CT molecular complexity index is 148. The molecule has 0 aromatic heterocycles. The molecule has 3 N–H and O–H groups in total. The van der Waals surface area contributed by atoms with Gasteiger partial charge in [-0.05, 0) is 13.5 Å². The molecule has 0 bridgehead atoms. The van der Waals surface area contributed by atoms with Gasteiger partial charge in [0.25, 0.3) is 0 Å². The molecule has 1 atom stereocenters. The molecule has 1 unspecified atom stereocenters. The van der Waals surface area contributed by atoms with Gasteiger partial charge in [-0.15, -0.1) is 0 Å². The third-order valence-electron chi connectivity index (χ3n) is 2.51. The summed E-state index contributed by atoms with van der Waals surface area (Å²) in [6.45, 7) is 2.21. The molecule has 0 rings (SSSR count). The van der Waals surface area contributed by atoms with E-state index in [-0.39, 0.29) is 11.9 Å². The highest BCUT2D eigenvalue weighted by molar-refractivity contribution is 5.74. The number of nitrogens with two attached hydrogens (primary N) is 1. The third-order valence-corrected chi connectivity index (χ3v) is 2.51. The molecule has 3 nitrogen and oxygen atoms in total. The summed E-state index contributed by atoms with van der Waals surface area (Å²) < 4.78 is 0. The van der Waals surface area contributed by atoms with Crippen molar-refractivity contribution in [2.24, 2.45) is 5.73 Å². The van der Waals surface area contributed by atoms with Crippen molar-refractivity contribution in [2.75, 3.05) is 7.05 Å². The van der Waals surface area contributed by atoms with Gasteiger partial charge in [0.05, 0.1) is 0 Å².